The zero-order valence-electron chi connectivity index (χ0n) is 11.3. The lowest BCUT2D eigenvalue weighted by Gasteiger charge is -2.09. The van der Waals surface area contributed by atoms with Gasteiger partial charge in [0, 0.05) is 12.2 Å². The lowest BCUT2D eigenvalue weighted by molar-refractivity contribution is 0.581. The van der Waals surface area contributed by atoms with Crippen molar-refractivity contribution in [2.75, 3.05) is 5.73 Å². The molecular formula is C15H18N2O2S. The average molecular weight is 290 g/mol. The van der Waals surface area contributed by atoms with E-state index in [1.165, 1.54) is 6.07 Å². The Morgan fingerprint density at radius 2 is 1.80 bits per heavy atom. The number of aryl methyl sites for hydroxylation is 1. The smallest absolute Gasteiger partial charge is 0.240 e. The van der Waals surface area contributed by atoms with Crippen molar-refractivity contribution in [3.05, 3.63) is 59.7 Å². The molecule has 2 rings (SSSR count). The summed E-state index contributed by atoms with van der Waals surface area (Å²) < 4.78 is 27.0. The van der Waals surface area contributed by atoms with Gasteiger partial charge in [-0.3, -0.25) is 0 Å². The van der Waals surface area contributed by atoms with Gasteiger partial charge >= 0.3 is 0 Å². The highest BCUT2D eigenvalue weighted by Gasteiger charge is 2.14. The highest BCUT2D eigenvalue weighted by Crippen LogP contribution is 2.18. The third kappa shape index (κ3) is 3.37. The zero-order valence-corrected chi connectivity index (χ0v) is 12.2. The minimum atomic E-state index is -3.54. The van der Waals surface area contributed by atoms with E-state index in [-0.39, 0.29) is 11.4 Å². The van der Waals surface area contributed by atoms with E-state index in [2.05, 4.69) is 4.72 Å². The summed E-state index contributed by atoms with van der Waals surface area (Å²) in [5.41, 5.74) is 8.22. The maximum atomic E-state index is 12.2. The predicted octanol–water partition coefficient (Wildman–Crippen LogP) is 2.31. The van der Waals surface area contributed by atoms with Crippen LogP contribution in [-0.2, 0) is 23.0 Å². The molecule has 2 aromatic rings. The van der Waals surface area contributed by atoms with Gasteiger partial charge < -0.3 is 5.73 Å². The largest absolute Gasteiger partial charge is 0.398 e. The molecule has 0 aliphatic rings. The molecule has 0 bridgehead atoms. The first-order valence-electron chi connectivity index (χ1n) is 6.45. The third-order valence-electron chi connectivity index (χ3n) is 3.12. The Morgan fingerprint density at radius 3 is 2.40 bits per heavy atom. The van der Waals surface area contributed by atoms with Gasteiger partial charge in [-0.1, -0.05) is 43.3 Å². The molecule has 106 valence electrons. The van der Waals surface area contributed by atoms with Crippen LogP contribution in [0.5, 0.6) is 0 Å². The average Bonchev–Trinajstić information content (AvgIpc) is 2.46. The number of hydrogen-bond donors (Lipinski definition) is 2. The summed E-state index contributed by atoms with van der Waals surface area (Å²) in [4.78, 5) is 0.197. The molecular weight excluding hydrogens is 272 g/mol. The Bertz CT molecular complexity index is 682. The summed E-state index contributed by atoms with van der Waals surface area (Å²) in [6.07, 6.45) is 0.781. The number of nitrogens with two attached hydrogens (primary N) is 1. The van der Waals surface area contributed by atoms with Crippen LogP contribution >= 0.6 is 0 Å². The van der Waals surface area contributed by atoms with Crippen LogP contribution in [-0.4, -0.2) is 8.42 Å². The minimum Gasteiger partial charge on any atom is -0.398 e. The fourth-order valence-corrected chi connectivity index (χ4v) is 2.97. The van der Waals surface area contributed by atoms with Crippen LogP contribution in [0.2, 0.25) is 0 Å². The second kappa shape index (κ2) is 6.07. The highest BCUT2D eigenvalue weighted by atomic mass is 32.2. The van der Waals surface area contributed by atoms with Crippen molar-refractivity contribution in [2.45, 2.75) is 24.8 Å². The molecule has 0 atom stereocenters. The Labute approximate surface area is 119 Å². The van der Waals surface area contributed by atoms with E-state index in [9.17, 15) is 8.42 Å². The fraction of sp³-hybridized carbons (Fsp3) is 0.200. The van der Waals surface area contributed by atoms with Crippen molar-refractivity contribution in [1.82, 2.24) is 4.72 Å². The van der Waals surface area contributed by atoms with Gasteiger partial charge in [0.2, 0.25) is 10.0 Å². The summed E-state index contributed by atoms with van der Waals surface area (Å²) >= 11 is 0. The molecule has 4 nitrogen and oxygen atoms in total. The van der Waals surface area contributed by atoms with E-state index in [4.69, 9.17) is 5.73 Å². The monoisotopic (exact) mass is 290 g/mol. The normalized spacial score (nSPS) is 11.4. The van der Waals surface area contributed by atoms with Gasteiger partial charge in [0.25, 0.3) is 0 Å². The maximum Gasteiger partial charge on any atom is 0.240 e. The molecule has 5 heteroatoms. The molecule has 0 saturated carbocycles. The van der Waals surface area contributed by atoms with Crippen LogP contribution in [0.1, 0.15) is 18.1 Å². The van der Waals surface area contributed by atoms with Crippen LogP contribution in [0.15, 0.2) is 53.4 Å². The summed E-state index contributed by atoms with van der Waals surface area (Å²) in [6.45, 7) is 2.24. The fourth-order valence-electron chi connectivity index (χ4n) is 1.92. The van der Waals surface area contributed by atoms with Crippen molar-refractivity contribution in [3.8, 4) is 0 Å². The second-order valence-electron chi connectivity index (χ2n) is 4.52. The van der Waals surface area contributed by atoms with E-state index in [1.807, 2.05) is 37.3 Å². The first-order valence-corrected chi connectivity index (χ1v) is 7.93. The Morgan fingerprint density at radius 1 is 1.10 bits per heavy atom. The van der Waals surface area contributed by atoms with E-state index >= 15 is 0 Å². The second-order valence-corrected chi connectivity index (χ2v) is 6.29. The molecule has 0 radical (unpaired) electrons. The number of sulfonamides is 1. The Balaban J connectivity index is 2.16. The molecule has 0 unspecified atom stereocenters. The van der Waals surface area contributed by atoms with E-state index in [0.717, 1.165) is 17.5 Å². The predicted molar refractivity (Wildman–Crippen MR) is 80.7 cm³/mol. The van der Waals surface area contributed by atoms with Crippen molar-refractivity contribution < 1.29 is 8.42 Å². The van der Waals surface area contributed by atoms with E-state index < -0.39 is 10.0 Å². The molecule has 0 amide bonds. The van der Waals surface area contributed by atoms with Crippen LogP contribution in [0.3, 0.4) is 0 Å². The molecule has 0 aliphatic carbocycles. The molecule has 0 saturated heterocycles. The quantitative estimate of drug-likeness (QED) is 0.830. The van der Waals surface area contributed by atoms with Gasteiger partial charge in [0.15, 0.2) is 0 Å². The molecule has 0 heterocycles. The summed E-state index contributed by atoms with van der Waals surface area (Å²) in [7, 11) is -3.54. The van der Waals surface area contributed by atoms with Crippen LogP contribution in [0.4, 0.5) is 5.69 Å². The van der Waals surface area contributed by atoms with E-state index in [0.29, 0.717) is 5.69 Å². The first kappa shape index (κ1) is 14.6. The van der Waals surface area contributed by atoms with Crippen LogP contribution < -0.4 is 10.5 Å². The molecule has 0 aliphatic heterocycles. The maximum absolute atomic E-state index is 12.2. The summed E-state index contributed by atoms with van der Waals surface area (Å²) in [5, 5.41) is 0. The molecule has 0 fully saturated rings. The SMILES string of the molecule is CCc1ccc(S(=O)(=O)NCc2ccccc2)cc1N. The Kier molecular flexibility index (Phi) is 4.42. The highest BCUT2D eigenvalue weighted by molar-refractivity contribution is 7.89. The standard InChI is InChI=1S/C15H18N2O2S/c1-2-13-8-9-14(10-15(13)16)20(18,19)17-11-12-6-4-3-5-7-12/h3-10,17H,2,11,16H2,1H3. The van der Waals surface area contributed by atoms with Crippen molar-refractivity contribution in [1.29, 1.82) is 0 Å². The van der Waals surface area contributed by atoms with Gasteiger partial charge in [-0.15, -0.1) is 0 Å². The number of anilines is 1. The molecule has 0 spiro atoms. The molecule has 0 aromatic heterocycles. The Hall–Kier alpha value is -1.85. The number of nitrogens with one attached hydrogen (secondary N) is 1. The molecule has 2 aromatic carbocycles. The lowest BCUT2D eigenvalue weighted by Crippen LogP contribution is -2.23. The van der Waals surface area contributed by atoms with Crippen LogP contribution in [0, 0.1) is 0 Å². The van der Waals surface area contributed by atoms with E-state index in [1.54, 1.807) is 12.1 Å². The molecule has 3 N–H and O–H groups in total. The summed E-state index contributed by atoms with van der Waals surface area (Å²) in [6, 6.07) is 14.2. The summed E-state index contributed by atoms with van der Waals surface area (Å²) in [5.74, 6) is 0. The topological polar surface area (TPSA) is 72.2 Å². The number of rotatable bonds is 5. The van der Waals surface area contributed by atoms with Crippen molar-refractivity contribution >= 4 is 15.7 Å². The zero-order chi connectivity index (χ0) is 14.6. The minimum absolute atomic E-state index is 0.197. The van der Waals surface area contributed by atoms with Crippen molar-refractivity contribution in [2.24, 2.45) is 0 Å². The molecule has 20 heavy (non-hydrogen) atoms. The number of hydrogen-bond acceptors (Lipinski definition) is 3. The van der Waals surface area contributed by atoms with Gasteiger partial charge in [-0.25, -0.2) is 13.1 Å². The third-order valence-corrected chi connectivity index (χ3v) is 4.52. The van der Waals surface area contributed by atoms with Gasteiger partial charge in [-0.05, 0) is 29.7 Å². The lowest BCUT2D eigenvalue weighted by atomic mass is 10.1. The van der Waals surface area contributed by atoms with Gasteiger partial charge in [-0.2, -0.15) is 0 Å². The number of nitrogen functional groups attached to an aromatic ring is 1. The van der Waals surface area contributed by atoms with Gasteiger partial charge in [0.1, 0.15) is 0 Å². The van der Waals surface area contributed by atoms with Crippen molar-refractivity contribution in [3.63, 3.8) is 0 Å². The van der Waals surface area contributed by atoms with Crippen LogP contribution in [0.25, 0.3) is 0 Å². The van der Waals surface area contributed by atoms with Gasteiger partial charge in [0.05, 0.1) is 4.90 Å². The first-order chi connectivity index (χ1) is 9.53. The number of benzene rings is 2.